The number of furan rings is 1. The normalized spacial score (nSPS) is 17.0. The first-order valence-corrected chi connectivity index (χ1v) is 6.92. The summed E-state index contributed by atoms with van der Waals surface area (Å²) in [6, 6.07) is 5.52. The van der Waals surface area contributed by atoms with Crippen molar-refractivity contribution in [1.82, 2.24) is 10.3 Å². The predicted molar refractivity (Wildman–Crippen MR) is 79.6 cm³/mol. The molecule has 2 aromatic rings. The lowest BCUT2D eigenvalue weighted by molar-refractivity contribution is -0.122. The number of hydrogen-bond donors (Lipinski definition) is 1. The third-order valence-electron chi connectivity index (χ3n) is 2.89. The predicted octanol–water partition coefficient (Wildman–Crippen LogP) is 2.10. The number of rotatable bonds is 2. The van der Waals surface area contributed by atoms with E-state index in [0.717, 1.165) is 4.90 Å². The van der Waals surface area contributed by atoms with Crippen LogP contribution in [-0.4, -0.2) is 22.8 Å². The van der Waals surface area contributed by atoms with E-state index in [0.29, 0.717) is 10.4 Å². The summed E-state index contributed by atoms with van der Waals surface area (Å²) in [5.41, 5.74) is 0.0642. The summed E-state index contributed by atoms with van der Waals surface area (Å²) in [4.78, 5) is 40.9. The van der Waals surface area contributed by atoms with Crippen molar-refractivity contribution in [3.63, 3.8) is 0 Å². The molecule has 1 aliphatic heterocycles. The summed E-state index contributed by atoms with van der Waals surface area (Å²) >= 11 is 3.13. The van der Waals surface area contributed by atoms with Crippen LogP contribution in [0.15, 0.2) is 51.3 Å². The number of anilines is 1. The maximum atomic E-state index is 12.5. The highest BCUT2D eigenvalue weighted by Crippen LogP contribution is 2.22. The second-order valence-electron chi connectivity index (χ2n) is 4.31. The Labute approximate surface area is 132 Å². The van der Waals surface area contributed by atoms with Gasteiger partial charge in [-0.2, -0.15) is 0 Å². The third kappa shape index (κ3) is 2.56. The zero-order valence-corrected chi connectivity index (χ0v) is 12.5. The Morgan fingerprint density at radius 3 is 2.68 bits per heavy atom. The molecule has 3 heterocycles. The van der Waals surface area contributed by atoms with Gasteiger partial charge in [0.15, 0.2) is 4.67 Å². The maximum Gasteiger partial charge on any atom is 0.336 e. The molecule has 0 aromatic carbocycles. The van der Waals surface area contributed by atoms with Gasteiger partial charge in [0.25, 0.3) is 11.8 Å². The summed E-state index contributed by atoms with van der Waals surface area (Å²) < 4.78 is 5.70. The molecule has 0 aliphatic carbocycles. The van der Waals surface area contributed by atoms with Crippen molar-refractivity contribution in [1.29, 1.82) is 0 Å². The van der Waals surface area contributed by atoms with E-state index in [4.69, 9.17) is 4.42 Å². The minimum Gasteiger partial charge on any atom is -0.450 e. The minimum absolute atomic E-state index is 0.203. The second-order valence-corrected chi connectivity index (χ2v) is 5.09. The topological polar surface area (TPSA) is 92.5 Å². The Morgan fingerprint density at radius 2 is 2.05 bits per heavy atom. The van der Waals surface area contributed by atoms with E-state index in [1.807, 2.05) is 0 Å². The highest BCUT2D eigenvalue weighted by molar-refractivity contribution is 9.10. The number of carbonyl (C=O) groups is 3. The summed E-state index contributed by atoms with van der Waals surface area (Å²) in [6.45, 7) is 0. The number of amides is 4. The zero-order chi connectivity index (χ0) is 15.7. The number of pyridine rings is 1. The van der Waals surface area contributed by atoms with Crippen LogP contribution in [0.2, 0.25) is 0 Å². The highest BCUT2D eigenvalue weighted by atomic mass is 79.9. The van der Waals surface area contributed by atoms with Crippen LogP contribution in [0, 0.1) is 0 Å². The lowest BCUT2D eigenvalue weighted by Gasteiger charge is -2.25. The molecule has 22 heavy (non-hydrogen) atoms. The van der Waals surface area contributed by atoms with Gasteiger partial charge < -0.3 is 4.42 Å². The molecule has 110 valence electrons. The van der Waals surface area contributed by atoms with Crippen LogP contribution in [0.4, 0.5) is 10.5 Å². The van der Waals surface area contributed by atoms with E-state index in [-0.39, 0.29) is 11.3 Å². The number of urea groups is 1. The van der Waals surface area contributed by atoms with Crippen LogP contribution in [0.5, 0.6) is 0 Å². The molecule has 0 saturated carbocycles. The summed E-state index contributed by atoms with van der Waals surface area (Å²) in [6.07, 6.45) is 4.14. The van der Waals surface area contributed by atoms with E-state index in [9.17, 15) is 14.4 Å². The fraction of sp³-hybridized carbons (Fsp3) is 0. The van der Waals surface area contributed by atoms with Gasteiger partial charge in [-0.1, -0.05) is 0 Å². The van der Waals surface area contributed by atoms with E-state index in [1.54, 1.807) is 24.3 Å². The van der Waals surface area contributed by atoms with E-state index in [1.165, 1.54) is 18.5 Å². The van der Waals surface area contributed by atoms with Gasteiger partial charge in [0.05, 0.1) is 11.9 Å². The number of halogens is 1. The Hall–Kier alpha value is -2.74. The van der Waals surface area contributed by atoms with Gasteiger partial charge in [-0.25, -0.2) is 9.69 Å². The van der Waals surface area contributed by atoms with Crippen LogP contribution >= 0.6 is 15.9 Å². The first-order valence-electron chi connectivity index (χ1n) is 6.13. The monoisotopic (exact) mass is 361 g/mol. The molecular formula is C14H8BrN3O4. The molecule has 1 saturated heterocycles. The average molecular weight is 362 g/mol. The van der Waals surface area contributed by atoms with E-state index >= 15 is 0 Å². The number of carbonyl (C=O) groups excluding carboxylic acids is 3. The summed E-state index contributed by atoms with van der Waals surface area (Å²) in [7, 11) is 0. The van der Waals surface area contributed by atoms with Gasteiger partial charge in [-0.05, 0) is 46.3 Å². The first kappa shape index (κ1) is 14.2. The molecule has 1 fully saturated rings. The Balaban J connectivity index is 2.01. The first-order chi connectivity index (χ1) is 10.6. The maximum absolute atomic E-state index is 12.5. The standard InChI is InChI=1S/C14H8BrN3O4/c15-11-4-3-9(22-11)6-10-12(19)17-14(21)18(13(10)20)8-2-1-5-16-7-8/h1-7H,(H,17,19,21)/b10-6+. The molecule has 7 nitrogen and oxygen atoms in total. The van der Waals surface area contributed by atoms with Crippen LogP contribution in [-0.2, 0) is 9.59 Å². The SMILES string of the molecule is O=C1NC(=O)N(c2cccnc2)C(=O)/C1=C/c1ccc(Br)o1. The molecule has 8 heteroatoms. The molecule has 2 aromatic heterocycles. The molecule has 3 rings (SSSR count). The molecule has 0 bridgehead atoms. The van der Waals surface area contributed by atoms with Crippen molar-refractivity contribution in [2.75, 3.05) is 4.90 Å². The molecule has 0 radical (unpaired) electrons. The molecular weight excluding hydrogens is 354 g/mol. The van der Waals surface area contributed by atoms with Crippen LogP contribution in [0.1, 0.15) is 5.76 Å². The van der Waals surface area contributed by atoms with Crippen molar-refractivity contribution >= 4 is 45.5 Å². The van der Waals surface area contributed by atoms with Crippen molar-refractivity contribution in [2.24, 2.45) is 0 Å². The number of barbiturate groups is 1. The van der Waals surface area contributed by atoms with Crippen molar-refractivity contribution in [3.05, 3.63) is 52.7 Å². The van der Waals surface area contributed by atoms with Crippen molar-refractivity contribution < 1.29 is 18.8 Å². The number of imide groups is 2. The summed E-state index contributed by atoms with van der Waals surface area (Å²) in [5, 5.41) is 2.11. The van der Waals surface area contributed by atoms with E-state index in [2.05, 4.69) is 26.2 Å². The minimum atomic E-state index is -0.819. The van der Waals surface area contributed by atoms with Crippen LogP contribution in [0.25, 0.3) is 6.08 Å². The van der Waals surface area contributed by atoms with Crippen molar-refractivity contribution in [3.8, 4) is 0 Å². The average Bonchev–Trinajstić information content (AvgIpc) is 2.90. The number of nitrogens with zero attached hydrogens (tertiary/aromatic N) is 2. The van der Waals surface area contributed by atoms with Gasteiger partial charge in [-0.15, -0.1) is 0 Å². The lowest BCUT2D eigenvalue weighted by atomic mass is 10.1. The van der Waals surface area contributed by atoms with E-state index < -0.39 is 17.8 Å². The zero-order valence-electron chi connectivity index (χ0n) is 10.9. The Bertz CT molecular complexity index is 797. The summed E-state index contributed by atoms with van der Waals surface area (Å²) in [5.74, 6) is -1.21. The third-order valence-corrected chi connectivity index (χ3v) is 3.31. The largest absolute Gasteiger partial charge is 0.450 e. The smallest absolute Gasteiger partial charge is 0.336 e. The fourth-order valence-corrected chi connectivity index (χ4v) is 2.25. The van der Waals surface area contributed by atoms with Crippen LogP contribution < -0.4 is 10.2 Å². The van der Waals surface area contributed by atoms with Gasteiger partial charge in [0, 0.05) is 6.20 Å². The molecule has 4 amide bonds. The fourth-order valence-electron chi connectivity index (χ4n) is 1.93. The molecule has 0 atom stereocenters. The molecule has 1 N–H and O–H groups in total. The molecule has 0 spiro atoms. The Morgan fingerprint density at radius 1 is 1.23 bits per heavy atom. The van der Waals surface area contributed by atoms with Gasteiger partial charge >= 0.3 is 6.03 Å². The Kier molecular flexibility index (Phi) is 3.60. The number of aromatic nitrogens is 1. The lowest BCUT2D eigenvalue weighted by Crippen LogP contribution is -2.54. The second kappa shape index (κ2) is 5.57. The molecule has 0 unspecified atom stereocenters. The quantitative estimate of drug-likeness (QED) is 0.653. The van der Waals surface area contributed by atoms with Crippen molar-refractivity contribution in [2.45, 2.75) is 0 Å². The number of hydrogen-bond acceptors (Lipinski definition) is 5. The molecule has 1 aliphatic rings. The number of nitrogens with one attached hydrogen (secondary N) is 1. The highest BCUT2D eigenvalue weighted by Gasteiger charge is 2.37. The van der Waals surface area contributed by atoms with Crippen LogP contribution in [0.3, 0.4) is 0 Å². The van der Waals surface area contributed by atoms with Gasteiger partial charge in [0.2, 0.25) is 0 Å². The van der Waals surface area contributed by atoms with Gasteiger partial charge in [0.1, 0.15) is 11.3 Å². The van der Waals surface area contributed by atoms with Gasteiger partial charge in [-0.3, -0.25) is 19.9 Å².